The van der Waals surface area contributed by atoms with E-state index in [1.165, 1.54) is 36.4 Å². The van der Waals surface area contributed by atoms with E-state index in [9.17, 15) is 19.2 Å². The van der Waals surface area contributed by atoms with Crippen molar-refractivity contribution in [1.82, 2.24) is 5.32 Å². The molecule has 0 aliphatic carbocycles. The lowest BCUT2D eigenvalue weighted by molar-refractivity contribution is -0.122. The van der Waals surface area contributed by atoms with E-state index in [0.29, 0.717) is 20.6 Å². The number of ether oxygens (including phenoxy) is 1. The number of anilines is 1. The van der Waals surface area contributed by atoms with Crippen molar-refractivity contribution in [2.45, 2.75) is 6.92 Å². The number of carbonyl (C=O) groups is 4. The molecular weight excluding hydrogens is 524 g/mol. The van der Waals surface area contributed by atoms with Crippen molar-refractivity contribution in [2.75, 3.05) is 4.90 Å². The molecular formula is C25H16BrClN2O5. The Morgan fingerprint density at radius 2 is 1.76 bits per heavy atom. The fraction of sp³-hybridized carbons (Fsp3) is 0.0400. The predicted molar refractivity (Wildman–Crippen MR) is 131 cm³/mol. The molecule has 0 aromatic heterocycles. The molecule has 1 saturated heterocycles. The van der Waals surface area contributed by atoms with Gasteiger partial charge in [0.1, 0.15) is 11.3 Å². The zero-order chi connectivity index (χ0) is 24.4. The molecule has 0 saturated carbocycles. The molecule has 7 nitrogen and oxygen atoms in total. The highest BCUT2D eigenvalue weighted by Gasteiger charge is 2.37. The number of nitrogens with zero attached hydrogens (tertiary/aromatic N) is 1. The van der Waals surface area contributed by atoms with Gasteiger partial charge in [0.25, 0.3) is 11.8 Å². The van der Waals surface area contributed by atoms with Crippen LogP contribution in [0, 0.1) is 6.92 Å². The summed E-state index contributed by atoms with van der Waals surface area (Å²) in [5, 5.41) is 2.58. The van der Waals surface area contributed by atoms with E-state index < -0.39 is 23.8 Å². The molecule has 0 unspecified atom stereocenters. The molecule has 1 heterocycles. The number of barbiturate groups is 1. The van der Waals surface area contributed by atoms with Gasteiger partial charge in [0.15, 0.2) is 0 Å². The van der Waals surface area contributed by atoms with Gasteiger partial charge in [0.2, 0.25) is 0 Å². The maximum atomic E-state index is 13.1. The van der Waals surface area contributed by atoms with Crippen LogP contribution in [0.1, 0.15) is 21.5 Å². The summed E-state index contributed by atoms with van der Waals surface area (Å²) < 4.78 is 6.19. The first-order valence-electron chi connectivity index (χ1n) is 9.98. The lowest BCUT2D eigenvalue weighted by Gasteiger charge is -2.26. The standard InChI is InChI=1S/C25H16BrClN2O5/c1-14-3-2-4-15(11-14)24(32)34-21-10-5-17(26)12-16(21)13-20-22(30)28-25(33)29(23(20)31)19-8-6-18(27)7-9-19/h2-13H,1H3,(H,28,30,33)/b20-13-. The number of nitrogens with one attached hydrogen (secondary N) is 1. The summed E-state index contributed by atoms with van der Waals surface area (Å²) in [7, 11) is 0. The fourth-order valence-electron chi connectivity index (χ4n) is 3.29. The predicted octanol–water partition coefficient (Wildman–Crippen LogP) is 5.30. The number of urea groups is 1. The van der Waals surface area contributed by atoms with Crippen LogP contribution in [0.25, 0.3) is 6.08 Å². The number of esters is 1. The summed E-state index contributed by atoms with van der Waals surface area (Å²) in [6.07, 6.45) is 1.27. The van der Waals surface area contributed by atoms with Crippen molar-refractivity contribution >= 4 is 63.1 Å². The number of hydrogen-bond acceptors (Lipinski definition) is 5. The second kappa shape index (κ2) is 9.62. The monoisotopic (exact) mass is 538 g/mol. The highest BCUT2D eigenvalue weighted by molar-refractivity contribution is 9.10. The van der Waals surface area contributed by atoms with Crippen LogP contribution in [-0.4, -0.2) is 23.8 Å². The number of aryl methyl sites for hydroxylation is 1. The molecule has 4 amide bonds. The smallest absolute Gasteiger partial charge is 0.343 e. The van der Waals surface area contributed by atoms with Crippen molar-refractivity contribution in [3.63, 3.8) is 0 Å². The van der Waals surface area contributed by atoms with E-state index in [0.717, 1.165) is 10.5 Å². The van der Waals surface area contributed by atoms with Crippen LogP contribution in [-0.2, 0) is 9.59 Å². The molecule has 170 valence electrons. The van der Waals surface area contributed by atoms with Crippen molar-refractivity contribution in [3.05, 3.63) is 98.5 Å². The van der Waals surface area contributed by atoms with Crippen molar-refractivity contribution in [2.24, 2.45) is 0 Å². The average molecular weight is 540 g/mol. The van der Waals surface area contributed by atoms with E-state index in [2.05, 4.69) is 21.2 Å². The van der Waals surface area contributed by atoms with Crippen molar-refractivity contribution in [1.29, 1.82) is 0 Å². The third-order valence-electron chi connectivity index (χ3n) is 4.91. The second-order valence-corrected chi connectivity index (χ2v) is 8.73. The topological polar surface area (TPSA) is 92.8 Å². The summed E-state index contributed by atoms with van der Waals surface area (Å²) in [4.78, 5) is 51.6. The number of hydrogen-bond donors (Lipinski definition) is 1. The van der Waals surface area contributed by atoms with Crippen LogP contribution < -0.4 is 15.0 Å². The van der Waals surface area contributed by atoms with Crippen LogP contribution >= 0.6 is 27.5 Å². The molecule has 0 spiro atoms. The van der Waals surface area contributed by atoms with Gasteiger partial charge in [-0.05, 0) is 67.6 Å². The summed E-state index contributed by atoms with van der Waals surface area (Å²) in [5.41, 5.74) is 1.47. The number of benzene rings is 3. The van der Waals surface area contributed by atoms with Gasteiger partial charge in [0, 0.05) is 15.1 Å². The van der Waals surface area contributed by atoms with Crippen LogP contribution in [0.5, 0.6) is 5.75 Å². The van der Waals surface area contributed by atoms with Crippen LogP contribution in [0.3, 0.4) is 0 Å². The number of amides is 4. The molecule has 1 N–H and O–H groups in total. The Labute approximate surface area is 208 Å². The Kier molecular flexibility index (Phi) is 6.63. The van der Waals surface area contributed by atoms with E-state index in [4.69, 9.17) is 16.3 Å². The highest BCUT2D eigenvalue weighted by atomic mass is 79.9. The summed E-state index contributed by atoms with van der Waals surface area (Å²) >= 11 is 9.24. The first-order valence-corrected chi connectivity index (χ1v) is 11.2. The second-order valence-electron chi connectivity index (χ2n) is 7.38. The largest absolute Gasteiger partial charge is 0.422 e. The molecule has 0 bridgehead atoms. The SMILES string of the molecule is Cc1cccc(C(=O)Oc2ccc(Br)cc2/C=C2/C(=O)NC(=O)N(c3ccc(Cl)cc3)C2=O)c1. The number of carbonyl (C=O) groups excluding carboxylic acids is 4. The van der Waals surface area contributed by atoms with Crippen molar-refractivity contribution in [3.8, 4) is 5.75 Å². The molecule has 4 rings (SSSR count). The Balaban J connectivity index is 1.71. The lowest BCUT2D eigenvalue weighted by Crippen LogP contribution is -2.54. The minimum absolute atomic E-state index is 0.137. The molecule has 0 atom stereocenters. The Morgan fingerprint density at radius 3 is 2.47 bits per heavy atom. The molecule has 34 heavy (non-hydrogen) atoms. The van der Waals surface area contributed by atoms with Gasteiger partial charge in [-0.15, -0.1) is 0 Å². The molecule has 3 aromatic carbocycles. The van der Waals surface area contributed by atoms with E-state index in [-0.39, 0.29) is 17.0 Å². The summed E-state index contributed by atoms with van der Waals surface area (Å²) in [6, 6.07) is 16.8. The van der Waals surface area contributed by atoms with Gasteiger partial charge in [-0.3, -0.25) is 14.9 Å². The molecule has 1 fully saturated rings. The first-order chi connectivity index (χ1) is 16.2. The number of halogens is 2. The molecule has 1 aliphatic rings. The summed E-state index contributed by atoms with van der Waals surface area (Å²) in [6.45, 7) is 1.85. The Bertz CT molecular complexity index is 1370. The lowest BCUT2D eigenvalue weighted by atomic mass is 10.1. The number of imide groups is 2. The van der Waals surface area contributed by atoms with Gasteiger partial charge in [-0.1, -0.05) is 45.2 Å². The van der Waals surface area contributed by atoms with Crippen LogP contribution in [0.2, 0.25) is 5.02 Å². The first kappa shape index (κ1) is 23.4. The van der Waals surface area contributed by atoms with E-state index >= 15 is 0 Å². The fourth-order valence-corrected chi connectivity index (χ4v) is 3.80. The average Bonchev–Trinajstić information content (AvgIpc) is 2.79. The normalized spacial score (nSPS) is 14.9. The quantitative estimate of drug-likeness (QED) is 0.210. The minimum Gasteiger partial charge on any atom is -0.422 e. The van der Waals surface area contributed by atoms with Crippen LogP contribution in [0.15, 0.2) is 76.8 Å². The molecule has 9 heteroatoms. The third kappa shape index (κ3) is 4.93. The molecule has 1 aliphatic heterocycles. The van der Waals surface area contributed by atoms with Gasteiger partial charge in [-0.2, -0.15) is 0 Å². The molecule has 3 aromatic rings. The van der Waals surface area contributed by atoms with Crippen molar-refractivity contribution < 1.29 is 23.9 Å². The highest BCUT2D eigenvalue weighted by Crippen LogP contribution is 2.29. The van der Waals surface area contributed by atoms with E-state index in [1.54, 1.807) is 30.3 Å². The minimum atomic E-state index is -0.880. The maximum Gasteiger partial charge on any atom is 0.343 e. The van der Waals surface area contributed by atoms with Crippen LogP contribution in [0.4, 0.5) is 10.5 Å². The zero-order valence-electron chi connectivity index (χ0n) is 17.7. The van der Waals surface area contributed by atoms with Gasteiger partial charge < -0.3 is 4.74 Å². The third-order valence-corrected chi connectivity index (χ3v) is 5.66. The van der Waals surface area contributed by atoms with Gasteiger partial charge in [0.05, 0.1) is 11.3 Å². The van der Waals surface area contributed by atoms with Gasteiger partial charge >= 0.3 is 12.0 Å². The Morgan fingerprint density at radius 1 is 1.03 bits per heavy atom. The van der Waals surface area contributed by atoms with Gasteiger partial charge in [-0.25, -0.2) is 14.5 Å². The number of rotatable bonds is 4. The maximum absolute atomic E-state index is 13.1. The van der Waals surface area contributed by atoms with E-state index in [1.807, 2.05) is 13.0 Å². The zero-order valence-corrected chi connectivity index (χ0v) is 20.0. The molecule has 0 radical (unpaired) electrons. The Hall–Kier alpha value is -3.75. The summed E-state index contributed by atoms with van der Waals surface area (Å²) in [5.74, 6) is -2.15.